The number of hydrogen-bond donors (Lipinski definition) is 1. The minimum atomic E-state index is -3.45. The summed E-state index contributed by atoms with van der Waals surface area (Å²) in [6.07, 6.45) is 2.70. The smallest absolute Gasteiger partial charge is 0.270 e. The molecule has 0 bridgehead atoms. The molecule has 0 saturated carbocycles. The highest BCUT2D eigenvalue weighted by molar-refractivity contribution is 7.92. The Bertz CT molecular complexity index is 1250. The molecular weight excluding hydrogens is 370 g/mol. The highest BCUT2D eigenvalue weighted by Crippen LogP contribution is 2.31. The molecule has 0 aliphatic heterocycles. The predicted molar refractivity (Wildman–Crippen MR) is 104 cm³/mol. The number of pyridine rings is 1. The lowest BCUT2D eigenvalue weighted by Gasteiger charge is -2.13. The van der Waals surface area contributed by atoms with Crippen molar-refractivity contribution >= 4 is 32.2 Å². The first-order valence-corrected chi connectivity index (χ1v) is 9.82. The van der Waals surface area contributed by atoms with Crippen molar-refractivity contribution in [1.29, 1.82) is 0 Å². The van der Waals surface area contributed by atoms with E-state index in [4.69, 9.17) is 0 Å². The number of nitrogens with zero attached hydrogens (tertiary/aromatic N) is 2. The second-order valence-electron chi connectivity index (χ2n) is 6.35. The molecule has 0 unspecified atom stereocenters. The van der Waals surface area contributed by atoms with Gasteiger partial charge in [-0.2, -0.15) is 0 Å². The van der Waals surface area contributed by atoms with Crippen LogP contribution < -0.4 is 10.3 Å². The first-order chi connectivity index (χ1) is 12.6. The van der Waals surface area contributed by atoms with Gasteiger partial charge in [-0.25, -0.2) is 8.42 Å². The number of nitro groups is 1. The SMILES string of the molecule is Cc1ccc(-c2cn(C)c(=O)c3cc([N+](=O)[O-])ccc23)cc1NS(C)(=O)=O. The van der Waals surface area contributed by atoms with Crippen molar-refractivity contribution in [3.63, 3.8) is 0 Å². The number of fused-ring (bicyclic) bond motifs is 1. The van der Waals surface area contributed by atoms with Gasteiger partial charge in [0.05, 0.1) is 22.3 Å². The van der Waals surface area contributed by atoms with Crippen LogP contribution in [0.3, 0.4) is 0 Å². The van der Waals surface area contributed by atoms with E-state index in [0.29, 0.717) is 22.2 Å². The zero-order valence-corrected chi connectivity index (χ0v) is 15.7. The number of rotatable bonds is 4. The van der Waals surface area contributed by atoms with E-state index < -0.39 is 14.9 Å². The summed E-state index contributed by atoms with van der Waals surface area (Å²) in [7, 11) is -1.89. The van der Waals surface area contributed by atoms with Crippen LogP contribution in [0.4, 0.5) is 11.4 Å². The van der Waals surface area contributed by atoms with Crippen molar-refractivity contribution in [2.75, 3.05) is 11.0 Å². The van der Waals surface area contributed by atoms with Gasteiger partial charge < -0.3 is 4.57 Å². The molecule has 0 amide bonds. The average molecular weight is 387 g/mol. The van der Waals surface area contributed by atoms with E-state index in [2.05, 4.69) is 4.72 Å². The molecule has 0 radical (unpaired) electrons. The third kappa shape index (κ3) is 3.68. The maximum absolute atomic E-state index is 12.4. The van der Waals surface area contributed by atoms with Crippen LogP contribution >= 0.6 is 0 Å². The molecule has 0 aliphatic carbocycles. The van der Waals surface area contributed by atoms with Crippen LogP contribution in [0.25, 0.3) is 21.9 Å². The third-order valence-corrected chi connectivity index (χ3v) is 4.81. The molecule has 0 fully saturated rings. The van der Waals surface area contributed by atoms with Gasteiger partial charge in [0.15, 0.2) is 0 Å². The van der Waals surface area contributed by atoms with Crippen LogP contribution in [-0.2, 0) is 17.1 Å². The summed E-state index contributed by atoms with van der Waals surface area (Å²) >= 11 is 0. The summed E-state index contributed by atoms with van der Waals surface area (Å²) in [6, 6.07) is 9.39. The Morgan fingerprint density at radius 3 is 2.44 bits per heavy atom. The number of anilines is 1. The number of nitrogens with one attached hydrogen (secondary N) is 1. The van der Waals surface area contributed by atoms with Gasteiger partial charge in [0.2, 0.25) is 10.0 Å². The molecule has 0 spiro atoms. The molecule has 27 heavy (non-hydrogen) atoms. The number of nitro benzene ring substituents is 1. The van der Waals surface area contributed by atoms with Crippen LogP contribution in [0.1, 0.15) is 5.56 Å². The summed E-state index contributed by atoms with van der Waals surface area (Å²) < 4.78 is 27.0. The zero-order chi connectivity index (χ0) is 19.9. The molecule has 1 N–H and O–H groups in total. The van der Waals surface area contributed by atoms with E-state index in [-0.39, 0.29) is 16.6 Å². The molecule has 0 aliphatic rings. The number of non-ortho nitro benzene ring substituents is 1. The van der Waals surface area contributed by atoms with Gasteiger partial charge in [-0.15, -0.1) is 0 Å². The first kappa shape index (κ1) is 18.6. The Kier molecular flexibility index (Phi) is 4.48. The maximum atomic E-state index is 12.4. The average Bonchev–Trinajstić information content (AvgIpc) is 2.58. The van der Waals surface area contributed by atoms with Gasteiger partial charge in [0.25, 0.3) is 11.2 Å². The van der Waals surface area contributed by atoms with Crippen LogP contribution in [0.2, 0.25) is 0 Å². The molecule has 3 rings (SSSR count). The fourth-order valence-electron chi connectivity index (χ4n) is 2.90. The van der Waals surface area contributed by atoms with Crippen LogP contribution in [0.5, 0.6) is 0 Å². The summed E-state index contributed by atoms with van der Waals surface area (Å²) in [6.45, 7) is 1.78. The Morgan fingerprint density at radius 2 is 1.81 bits per heavy atom. The van der Waals surface area contributed by atoms with Gasteiger partial charge in [0, 0.05) is 30.9 Å². The fourth-order valence-corrected chi connectivity index (χ4v) is 3.52. The van der Waals surface area contributed by atoms with Crippen molar-refractivity contribution in [2.24, 2.45) is 7.05 Å². The normalized spacial score (nSPS) is 11.5. The van der Waals surface area contributed by atoms with E-state index in [0.717, 1.165) is 11.8 Å². The van der Waals surface area contributed by atoms with Crippen LogP contribution in [0, 0.1) is 17.0 Å². The molecule has 2 aromatic carbocycles. The van der Waals surface area contributed by atoms with E-state index in [1.165, 1.54) is 22.8 Å². The summed E-state index contributed by atoms with van der Waals surface area (Å²) in [5.74, 6) is 0. The van der Waals surface area contributed by atoms with E-state index in [1.54, 1.807) is 32.3 Å². The number of sulfonamides is 1. The van der Waals surface area contributed by atoms with Gasteiger partial charge >= 0.3 is 0 Å². The van der Waals surface area contributed by atoms with Crippen LogP contribution in [-0.4, -0.2) is 24.2 Å². The monoisotopic (exact) mass is 387 g/mol. The number of aryl methyl sites for hydroxylation is 2. The second kappa shape index (κ2) is 6.51. The van der Waals surface area contributed by atoms with Gasteiger partial charge in [-0.05, 0) is 35.6 Å². The minimum absolute atomic E-state index is 0.167. The molecule has 140 valence electrons. The first-order valence-electron chi connectivity index (χ1n) is 7.93. The van der Waals surface area contributed by atoms with Gasteiger partial charge in [0.1, 0.15) is 0 Å². The Balaban J connectivity index is 2.29. The molecule has 9 heteroatoms. The van der Waals surface area contributed by atoms with Gasteiger partial charge in [-0.3, -0.25) is 19.6 Å². The highest BCUT2D eigenvalue weighted by Gasteiger charge is 2.15. The van der Waals surface area contributed by atoms with Crippen molar-refractivity contribution in [3.05, 3.63) is 68.6 Å². The lowest BCUT2D eigenvalue weighted by atomic mass is 9.98. The molecule has 8 nitrogen and oxygen atoms in total. The van der Waals surface area contributed by atoms with E-state index >= 15 is 0 Å². The van der Waals surface area contributed by atoms with E-state index in [1.807, 2.05) is 6.07 Å². The maximum Gasteiger partial charge on any atom is 0.270 e. The highest BCUT2D eigenvalue weighted by atomic mass is 32.2. The number of benzene rings is 2. The fraction of sp³-hybridized carbons (Fsp3) is 0.167. The predicted octanol–water partition coefficient (Wildman–Crippen LogP) is 2.79. The Morgan fingerprint density at radius 1 is 1.11 bits per heavy atom. The van der Waals surface area contributed by atoms with Crippen molar-refractivity contribution < 1.29 is 13.3 Å². The lowest BCUT2D eigenvalue weighted by Crippen LogP contribution is -2.16. The number of hydrogen-bond acceptors (Lipinski definition) is 5. The van der Waals surface area contributed by atoms with Crippen LogP contribution in [0.15, 0.2) is 47.4 Å². The summed E-state index contributed by atoms with van der Waals surface area (Å²) in [5.41, 5.74) is 2.01. The van der Waals surface area contributed by atoms with Crippen molar-refractivity contribution in [1.82, 2.24) is 4.57 Å². The lowest BCUT2D eigenvalue weighted by molar-refractivity contribution is -0.384. The third-order valence-electron chi connectivity index (χ3n) is 4.22. The van der Waals surface area contributed by atoms with E-state index in [9.17, 15) is 23.3 Å². The van der Waals surface area contributed by atoms with Crippen molar-refractivity contribution in [3.8, 4) is 11.1 Å². The van der Waals surface area contributed by atoms with Gasteiger partial charge in [-0.1, -0.05) is 12.1 Å². The quantitative estimate of drug-likeness (QED) is 0.546. The standard InChI is InChI=1S/C18H17N3O5S/c1-11-4-5-12(8-17(11)19-27(3,25)26)16-10-20(2)18(22)15-9-13(21(23)24)6-7-14(15)16/h4-10,19H,1-3H3. The Labute approximate surface area is 155 Å². The Hall–Kier alpha value is -3.20. The minimum Gasteiger partial charge on any atom is -0.317 e. The number of aromatic nitrogens is 1. The summed E-state index contributed by atoms with van der Waals surface area (Å²) in [4.78, 5) is 22.9. The molecule has 0 atom stereocenters. The molecule has 1 aromatic heterocycles. The zero-order valence-electron chi connectivity index (χ0n) is 14.9. The summed E-state index contributed by atoms with van der Waals surface area (Å²) in [5, 5.41) is 11.8. The van der Waals surface area contributed by atoms with Crippen molar-refractivity contribution in [2.45, 2.75) is 6.92 Å². The largest absolute Gasteiger partial charge is 0.317 e. The molecule has 1 heterocycles. The second-order valence-corrected chi connectivity index (χ2v) is 8.10. The molecule has 0 saturated heterocycles. The molecular formula is C18H17N3O5S. The topological polar surface area (TPSA) is 111 Å². The molecule has 3 aromatic rings.